The second-order valence-corrected chi connectivity index (χ2v) is 6.58. The summed E-state index contributed by atoms with van der Waals surface area (Å²) < 4.78 is 5.61. The van der Waals surface area contributed by atoms with E-state index in [1.807, 2.05) is 55.6 Å². The lowest BCUT2D eigenvalue weighted by atomic mass is 10.2. The zero-order valence-corrected chi connectivity index (χ0v) is 14.4. The van der Waals surface area contributed by atoms with Gasteiger partial charge < -0.3 is 10.1 Å². The Hall–Kier alpha value is -2.60. The Morgan fingerprint density at radius 3 is 2.75 bits per heavy atom. The fourth-order valence-electron chi connectivity index (χ4n) is 2.30. The lowest BCUT2D eigenvalue weighted by Crippen LogP contribution is -2.22. The van der Waals surface area contributed by atoms with Gasteiger partial charge in [0.05, 0.1) is 28.4 Å². The molecule has 0 saturated carbocycles. The summed E-state index contributed by atoms with van der Waals surface area (Å²) >= 11 is 1.57. The molecule has 1 amide bonds. The van der Waals surface area contributed by atoms with E-state index in [-0.39, 0.29) is 12.0 Å². The molecule has 124 valence electrons. The quantitative estimate of drug-likeness (QED) is 0.715. The van der Waals surface area contributed by atoms with Gasteiger partial charge in [-0.2, -0.15) is 5.10 Å². The van der Waals surface area contributed by atoms with Crippen LogP contribution in [0.3, 0.4) is 0 Å². The number of thiophene rings is 1. The molecule has 2 N–H and O–H groups in total. The molecule has 1 aromatic carbocycles. The van der Waals surface area contributed by atoms with Crippen molar-refractivity contribution in [3.63, 3.8) is 0 Å². The molecule has 0 unspecified atom stereocenters. The van der Waals surface area contributed by atoms with Crippen molar-refractivity contribution < 1.29 is 9.53 Å². The van der Waals surface area contributed by atoms with E-state index in [0.717, 1.165) is 21.9 Å². The van der Waals surface area contributed by atoms with Crippen molar-refractivity contribution >= 4 is 17.2 Å². The molecule has 2 heterocycles. The summed E-state index contributed by atoms with van der Waals surface area (Å²) in [4.78, 5) is 13.4. The Labute approximate surface area is 144 Å². The van der Waals surface area contributed by atoms with E-state index >= 15 is 0 Å². The maximum Gasteiger partial charge on any atom is 0.255 e. The van der Waals surface area contributed by atoms with Gasteiger partial charge in [0.2, 0.25) is 0 Å². The molecule has 0 aliphatic rings. The number of H-pyrrole nitrogens is 1. The predicted molar refractivity (Wildman–Crippen MR) is 95.3 cm³/mol. The third-order valence-corrected chi connectivity index (χ3v) is 4.29. The Kier molecular flexibility index (Phi) is 4.96. The summed E-state index contributed by atoms with van der Waals surface area (Å²) in [7, 11) is 0. The summed E-state index contributed by atoms with van der Waals surface area (Å²) in [6.45, 7) is 4.43. The molecule has 0 aliphatic carbocycles. The molecule has 6 heteroatoms. The van der Waals surface area contributed by atoms with E-state index in [2.05, 4.69) is 15.5 Å². The van der Waals surface area contributed by atoms with Gasteiger partial charge >= 0.3 is 0 Å². The number of aromatic amines is 1. The van der Waals surface area contributed by atoms with Gasteiger partial charge in [-0.25, -0.2) is 0 Å². The molecular formula is C18H19N3O2S. The largest absolute Gasteiger partial charge is 0.491 e. The van der Waals surface area contributed by atoms with Crippen LogP contribution in [0.5, 0.6) is 5.75 Å². The van der Waals surface area contributed by atoms with E-state index in [1.165, 1.54) is 0 Å². The topological polar surface area (TPSA) is 67.0 Å². The lowest BCUT2D eigenvalue weighted by molar-refractivity contribution is 0.0951. The van der Waals surface area contributed by atoms with Crippen molar-refractivity contribution in [1.82, 2.24) is 15.5 Å². The summed E-state index contributed by atoms with van der Waals surface area (Å²) in [5, 5.41) is 11.8. The fraction of sp³-hybridized carbons (Fsp3) is 0.222. The number of amides is 1. The number of nitrogens with one attached hydrogen (secondary N) is 2. The van der Waals surface area contributed by atoms with Crippen molar-refractivity contribution in [2.24, 2.45) is 0 Å². The van der Waals surface area contributed by atoms with E-state index < -0.39 is 0 Å². The molecule has 0 atom stereocenters. The molecule has 0 spiro atoms. The molecule has 0 aliphatic heterocycles. The van der Waals surface area contributed by atoms with Crippen LogP contribution >= 0.6 is 11.3 Å². The van der Waals surface area contributed by atoms with Gasteiger partial charge in [0.15, 0.2) is 0 Å². The number of rotatable bonds is 6. The summed E-state index contributed by atoms with van der Waals surface area (Å²) in [5.74, 6) is 0.685. The summed E-state index contributed by atoms with van der Waals surface area (Å²) in [5.41, 5.74) is 2.32. The minimum atomic E-state index is -0.144. The van der Waals surface area contributed by atoms with E-state index in [1.54, 1.807) is 17.5 Å². The smallest absolute Gasteiger partial charge is 0.255 e. The Morgan fingerprint density at radius 2 is 2.08 bits per heavy atom. The van der Waals surface area contributed by atoms with Gasteiger partial charge in [0, 0.05) is 6.54 Å². The summed E-state index contributed by atoms with van der Waals surface area (Å²) in [6, 6.07) is 11.6. The predicted octanol–water partition coefficient (Wildman–Crippen LogP) is 3.86. The van der Waals surface area contributed by atoms with Crippen LogP contribution in [0.1, 0.15) is 29.8 Å². The SMILES string of the molecule is CC(C)Oc1ccc(CNC(=O)c2cn[nH]c2-c2cccs2)cc1. The van der Waals surface area contributed by atoms with Crippen LogP contribution in [0.4, 0.5) is 0 Å². The molecule has 5 nitrogen and oxygen atoms in total. The molecule has 3 rings (SSSR count). The number of carbonyl (C=O) groups excluding carboxylic acids is 1. The van der Waals surface area contributed by atoms with Crippen molar-refractivity contribution in [3.05, 3.63) is 59.1 Å². The monoisotopic (exact) mass is 341 g/mol. The van der Waals surface area contributed by atoms with Crippen LogP contribution in [0, 0.1) is 0 Å². The minimum absolute atomic E-state index is 0.144. The molecule has 0 fully saturated rings. The summed E-state index contributed by atoms with van der Waals surface area (Å²) in [6.07, 6.45) is 1.71. The lowest BCUT2D eigenvalue weighted by Gasteiger charge is -2.10. The van der Waals surface area contributed by atoms with Crippen molar-refractivity contribution in [1.29, 1.82) is 0 Å². The van der Waals surface area contributed by atoms with Gasteiger partial charge in [0.25, 0.3) is 5.91 Å². The highest BCUT2D eigenvalue weighted by Gasteiger charge is 2.15. The standard InChI is InChI=1S/C18H19N3O2S/c1-12(2)23-14-7-5-13(6-8-14)10-19-18(22)15-11-20-21-17(15)16-4-3-9-24-16/h3-9,11-12H,10H2,1-2H3,(H,19,22)(H,20,21). The second-order valence-electron chi connectivity index (χ2n) is 5.63. The normalized spacial score (nSPS) is 10.8. The van der Waals surface area contributed by atoms with Crippen LogP contribution in [0.15, 0.2) is 48.0 Å². The Bertz CT molecular complexity index is 792. The van der Waals surface area contributed by atoms with E-state index in [4.69, 9.17) is 4.74 Å². The first kappa shape index (κ1) is 16.3. The zero-order valence-electron chi connectivity index (χ0n) is 13.6. The highest BCUT2D eigenvalue weighted by atomic mass is 32.1. The molecule has 0 radical (unpaired) electrons. The number of carbonyl (C=O) groups is 1. The van der Waals surface area contributed by atoms with Crippen LogP contribution in [0.25, 0.3) is 10.6 Å². The number of hydrogen-bond donors (Lipinski definition) is 2. The highest BCUT2D eigenvalue weighted by molar-refractivity contribution is 7.13. The minimum Gasteiger partial charge on any atom is -0.491 e. The van der Waals surface area contributed by atoms with Crippen LogP contribution in [-0.2, 0) is 6.54 Å². The molecule has 0 bridgehead atoms. The number of benzene rings is 1. The highest BCUT2D eigenvalue weighted by Crippen LogP contribution is 2.25. The molecule has 24 heavy (non-hydrogen) atoms. The van der Waals surface area contributed by atoms with E-state index in [9.17, 15) is 4.79 Å². The van der Waals surface area contributed by atoms with E-state index in [0.29, 0.717) is 12.1 Å². The maximum absolute atomic E-state index is 12.4. The third kappa shape index (κ3) is 3.83. The number of aromatic nitrogens is 2. The van der Waals surface area contributed by atoms with Crippen molar-refractivity contribution in [2.75, 3.05) is 0 Å². The first-order valence-electron chi connectivity index (χ1n) is 7.74. The third-order valence-electron chi connectivity index (χ3n) is 3.40. The average molecular weight is 341 g/mol. The first-order chi connectivity index (χ1) is 11.6. The van der Waals surface area contributed by atoms with Crippen LogP contribution in [-0.4, -0.2) is 22.2 Å². The van der Waals surface area contributed by atoms with Crippen LogP contribution in [0.2, 0.25) is 0 Å². The molecular weight excluding hydrogens is 322 g/mol. The van der Waals surface area contributed by atoms with Gasteiger partial charge in [-0.15, -0.1) is 11.3 Å². The molecule has 2 aromatic heterocycles. The van der Waals surface area contributed by atoms with Crippen LogP contribution < -0.4 is 10.1 Å². The van der Waals surface area contributed by atoms with Gasteiger partial charge in [-0.1, -0.05) is 18.2 Å². The Balaban J connectivity index is 1.63. The molecule has 3 aromatic rings. The number of nitrogens with zero attached hydrogens (tertiary/aromatic N) is 1. The fourth-order valence-corrected chi connectivity index (χ4v) is 3.04. The number of hydrogen-bond acceptors (Lipinski definition) is 4. The van der Waals surface area contributed by atoms with Gasteiger partial charge in [-0.3, -0.25) is 9.89 Å². The van der Waals surface area contributed by atoms with Gasteiger partial charge in [-0.05, 0) is 43.0 Å². The maximum atomic E-state index is 12.4. The number of ether oxygens (including phenoxy) is 1. The van der Waals surface area contributed by atoms with Crippen molar-refractivity contribution in [3.8, 4) is 16.3 Å². The second kappa shape index (κ2) is 7.31. The Morgan fingerprint density at radius 1 is 1.29 bits per heavy atom. The molecule has 0 saturated heterocycles. The van der Waals surface area contributed by atoms with Crippen molar-refractivity contribution in [2.45, 2.75) is 26.5 Å². The first-order valence-corrected chi connectivity index (χ1v) is 8.62. The van der Waals surface area contributed by atoms with Gasteiger partial charge in [0.1, 0.15) is 5.75 Å². The zero-order chi connectivity index (χ0) is 16.9. The average Bonchev–Trinajstić information content (AvgIpc) is 3.24.